The summed E-state index contributed by atoms with van der Waals surface area (Å²) in [6, 6.07) is 18.1. The van der Waals surface area contributed by atoms with Crippen LogP contribution in [0.3, 0.4) is 0 Å². The number of carbonyl (C=O) groups excluding carboxylic acids is 1. The van der Waals surface area contributed by atoms with Crippen molar-refractivity contribution in [3.63, 3.8) is 0 Å². The highest BCUT2D eigenvalue weighted by Gasteiger charge is 2.08. The summed E-state index contributed by atoms with van der Waals surface area (Å²) in [6.45, 7) is -0.124. The van der Waals surface area contributed by atoms with Crippen molar-refractivity contribution in [1.29, 1.82) is 0 Å². The fourth-order valence-electron chi connectivity index (χ4n) is 2.17. The van der Waals surface area contributed by atoms with Gasteiger partial charge in [-0.3, -0.25) is 4.79 Å². The highest BCUT2D eigenvalue weighted by atomic mass is 79.9. The van der Waals surface area contributed by atoms with Crippen molar-refractivity contribution in [2.24, 2.45) is 0 Å². The lowest BCUT2D eigenvalue weighted by Crippen LogP contribution is -2.11. The summed E-state index contributed by atoms with van der Waals surface area (Å²) in [5, 5.41) is 11.9. The summed E-state index contributed by atoms with van der Waals surface area (Å²) < 4.78 is 6.34. The van der Waals surface area contributed by atoms with Gasteiger partial charge in [0, 0.05) is 21.3 Å². The highest BCUT2D eigenvalue weighted by Crippen LogP contribution is 2.24. The van der Waals surface area contributed by atoms with Gasteiger partial charge in [-0.1, -0.05) is 22.0 Å². The maximum absolute atomic E-state index is 12.2. The van der Waals surface area contributed by atoms with Crippen LogP contribution in [0.15, 0.2) is 69.6 Å². The van der Waals surface area contributed by atoms with Crippen LogP contribution >= 0.6 is 15.9 Å². The topological polar surface area (TPSA) is 62.5 Å². The van der Waals surface area contributed by atoms with Crippen LogP contribution in [0.1, 0.15) is 16.1 Å². The van der Waals surface area contributed by atoms with Gasteiger partial charge in [-0.05, 0) is 54.6 Å². The van der Waals surface area contributed by atoms with Crippen LogP contribution in [0.4, 0.5) is 5.69 Å². The average Bonchev–Trinajstić information content (AvgIpc) is 3.04. The van der Waals surface area contributed by atoms with Crippen LogP contribution in [0.5, 0.6) is 0 Å². The molecule has 2 N–H and O–H groups in total. The van der Waals surface area contributed by atoms with Crippen LogP contribution in [-0.2, 0) is 6.61 Å². The first-order valence-corrected chi connectivity index (χ1v) is 7.82. The molecule has 0 aliphatic carbocycles. The van der Waals surface area contributed by atoms with E-state index >= 15 is 0 Å². The van der Waals surface area contributed by atoms with E-state index in [1.165, 1.54) is 0 Å². The first-order chi connectivity index (χ1) is 11.2. The lowest BCUT2D eigenvalue weighted by molar-refractivity contribution is 0.102. The molecule has 0 aliphatic heterocycles. The van der Waals surface area contributed by atoms with Crippen molar-refractivity contribution in [2.45, 2.75) is 6.61 Å². The van der Waals surface area contributed by atoms with E-state index in [1.807, 2.05) is 36.4 Å². The number of amides is 1. The molecule has 0 bridgehead atoms. The van der Waals surface area contributed by atoms with Gasteiger partial charge < -0.3 is 14.8 Å². The van der Waals surface area contributed by atoms with E-state index in [4.69, 9.17) is 9.52 Å². The Kier molecular flexibility index (Phi) is 4.60. The van der Waals surface area contributed by atoms with Gasteiger partial charge in [0.1, 0.15) is 18.1 Å². The van der Waals surface area contributed by atoms with Gasteiger partial charge in [-0.25, -0.2) is 0 Å². The molecule has 0 aliphatic rings. The zero-order valence-corrected chi connectivity index (χ0v) is 13.7. The maximum atomic E-state index is 12.2. The molecule has 1 amide bonds. The number of rotatable bonds is 4. The van der Waals surface area contributed by atoms with Crippen LogP contribution in [0, 0.1) is 0 Å². The smallest absolute Gasteiger partial charge is 0.255 e. The van der Waals surface area contributed by atoms with Crippen LogP contribution in [0.2, 0.25) is 0 Å². The molecule has 1 heterocycles. The third kappa shape index (κ3) is 3.70. The zero-order chi connectivity index (χ0) is 16.2. The SMILES string of the molecule is O=C(Nc1ccc(-c2ccc(CO)o2)cc1)c1cccc(Br)c1. The van der Waals surface area contributed by atoms with E-state index < -0.39 is 0 Å². The molecule has 3 aromatic rings. The summed E-state index contributed by atoms with van der Waals surface area (Å²) in [4.78, 5) is 12.2. The summed E-state index contributed by atoms with van der Waals surface area (Å²) in [7, 11) is 0. The van der Waals surface area contributed by atoms with Crippen LogP contribution in [0.25, 0.3) is 11.3 Å². The Hall–Kier alpha value is -2.37. The second kappa shape index (κ2) is 6.81. The fourth-order valence-corrected chi connectivity index (χ4v) is 2.57. The number of aliphatic hydroxyl groups excluding tert-OH is 1. The van der Waals surface area contributed by atoms with Crippen molar-refractivity contribution < 1.29 is 14.3 Å². The Labute approximate surface area is 141 Å². The number of aliphatic hydroxyl groups is 1. The minimum absolute atomic E-state index is 0.124. The molecule has 23 heavy (non-hydrogen) atoms. The van der Waals surface area contributed by atoms with Crippen molar-refractivity contribution in [3.8, 4) is 11.3 Å². The number of benzene rings is 2. The number of halogens is 1. The van der Waals surface area contributed by atoms with Crippen molar-refractivity contribution in [1.82, 2.24) is 0 Å². The van der Waals surface area contributed by atoms with Crippen LogP contribution in [-0.4, -0.2) is 11.0 Å². The molecule has 0 atom stereocenters. The Bertz CT molecular complexity index is 824. The number of hydrogen-bond donors (Lipinski definition) is 2. The number of furan rings is 1. The molecule has 0 saturated heterocycles. The van der Waals surface area contributed by atoms with E-state index in [9.17, 15) is 4.79 Å². The van der Waals surface area contributed by atoms with E-state index in [0.29, 0.717) is 22.8 Å². The molecule has 0 saturated carbocycles. The second-order valence-electron chi connectivity index (χ2n) is 4.97. The summed E-state index contributed by atoms with van der Waals surface area (Å²) >= 11 is 3.35. The molecule has 1 aromatic heterocycles. The van der Waals surface area contributed by atoms with Crippen molar-refractivity contribution in [3.05, 3.63) is 76.5 Å². The van der Waals surface area contributed by atoms with E-state index in [1.54, 1.807) is 24.3 Å². The van der Waals surface area contributed by atoms with E-state index in [2.05, 4.69) is 21.2 Å². The van der Waals surface area contributed by atoms with E-state index in [-0.39, 0.29) is 12.5 Å². The zero-order valence-electron chi connectivity index (χ0n) is 12.1. The monoisotopic (exact) mass is 371 g/mol. The quantitative estimate of drug-likeness (QED) is 0.711. The Morgan fingerprint density at radius 3 is 2.52 bits per heavy atom. The van der Waals surface area contributed by atoms with Gasteiger partial charge >= 0.3 is 0 Å². The molecule has 0 radical (unpaired) electrons. The predicted octanol–water partition coefficient (Wildman–Crippen LogP) is 4.45. The molecular formula is C18H14BrNO3. The third-order valence-electron chi connectivity index (χ3n) is 3.33. The van der Waals surface area contributed by atoms with Crippen molar-refractivity contribution >= 4 is 27.5 Å². The summed E-state index contributed by atoms with van der Waals surface area (Å²) in [5.41, 5.74) is 2.17. The average molecular weight is 372 g/mol. The Morgan fingerprint density at radius 1 is 1.09 bits per heavy atom. The van der Waals surface area contributed by atoms with Gasteiger partial charge in [-0.15, -0.1) is 0 Å². The molecule has 5 heteroatoms. The minimum Gasteiger partial charge on any atom is -0.459 e. The lowest BCUT2D eigenvalue weighted by atomic mass is 10.1. The first kappa shape index (κ1) is 15.5. The van der Waals surface area contributed by atoms with Crippen molar-refractivity contribution in [2.75, 3.05) is 5.32 Å². The van der Waals surface area contributed by atoms with Gasteiger partial charge in [0.15, 0.2) is 0 Å². The molecule has 116 valence electrons. The Balaban J connectivity index is 1.73. The number of nitrogens with one attached hydrogen (secondary N) is 1. The molecule has 3 rings (SSSR count). The first-order valence-electron chi connectivity index (χ1n) is 7.02. The second-order valence-corrected chi connectivity index (χ2v) is 5.88. The number of carbonyl (C=O) groups is 1. The molecular weight excluding hydrogens is 358 g/mol. The normalized spacial score (nSPS) is 10.5. The highest BCUT2D eigenvalue weighted by molar-refractivity contribution is 9.10. The largest absolute Gasteiger partial charge is 0.459 e. The molecule has 0 fully saturated rings. The standard InChI is InChI=1S/C18H14BrNO3/c19-14-3-1-2-13(10-14)18(22)20-15-6-4-12(5-7-15)17-9-8-16(11-21)23-17/h1-10,21H,11H2,(H,20,22). The van der Waals surface area contributed by atoms with Gasteiger partial charge in [-0.2, -0.15) is 0 Å². The van der Waals surface area contributed by atoms with Gasteiger partial charge in [0.25, 0.3) is 5.91 Å². The lowest BCUT2D eigenvalue weighted by Gasteiger charge is -2.06. The third-order valence-corrected chi connectivity index (χ3v) is 3.82. The number of anilines is 1. The summed E-state index contributed by atoms with van der Waals surface area (Å²) in [6.07, 6.45) is 0. The molecule has 4 nitrogen and oxygen atoms in total. The fraction of sp³-hybridized carbons (Fsp3) is 0.0556. The Morgan fingerprint density at radius 2 is 1.87 bits per heavy atom. The molecule has 0 unspecified atom stereocenters. The summed E-state index contributed by atoms with van der Waals surface area (Å²) in [5.74, 6) is 1.03. The molecule has 2 aromatic carbocycles. The van der Waals surface area contributed by atoms with Crippen LogP contribution < -0.4 is 5.32 Å². The minimum atomic E-state index is -0.167. The van der Waals surface area contributed by atoms with Gasteiger partial charge in [0.2, 0.25) is 0 Å². The molecule has 0 spiro atoms. The maximum Gasteiger partial charge on any atom is 0.255 e. The van der Waals surface area contributed by atoms with Gasteiger partial charge in [0.05, 0.1) is 0 Å². The van der Waals surface area contributed by atoms with E-state index in [0.717, 1.165) is 10.0 Å². The number of hydrogen-bond acceptors (Lipinski definition) is 3. The predicted molar refractivity (Wildman–Crippen MR) is 92.2 cm³/mol.